The molecular formula is C31H31N7O4. The molecule has 1 aliphatic carbocycles. The third kappa shape index (κ3) is 4.64. The number of anilines is 1. The van der Waals surface area contributed by atoms with Gasteiger partial charge in [0, 0.05) is 60.3 Å². The van der Waals surface area contributed by atoms with Crippen LogP contribution in [-0.2, 0) is 4.79 Å². The zero-order chi connectivity index (χ0) is 29.0. The first-order chi connectivity index (χ1) is 20.4. The predicted octanol–water partition coefficient (Wildman–Crippen LogP) is 5.40. The number of rotatable bonds is 8. The molecule has 5 aromatic rings. The SMILES string of the molecule is CC(C)C(C(=O)O)c1cc(-c2cnc(N3CCC(c4cc5nnc(-c6ccccc6O)cc5n4C4CC4)C3)nc2)no1. The van der Waals surface area contributed by atoms with E-state index in [-0.39, 0.29) is 11.7 Å². The standard InChI is InChI=1S/C31H31N7O4/c1-17(2)29(30(40)41)28-13-22(36-42-28)19-14-32-31(33-15-19)37-10-9-18(16-37)25-12-24-26(38(25)20-7-8-20)11-23(34-35-24)21-5-3-4-6-27(21)39/h3-6,11-15,17-18,20,29,39H,7-10,16H2,1-2H3,(H,40,41). The number of nitrogens with zero attached hydrogens (tertiary/aromatic N) is 7. The average Bonchev–Trinajstić information content (AvgIpc) is 3.34. The molecule has 11 heteroatoms. The number of carboxylic acids is 1. The summed E-state index contributed by atoms with van der Waals surface area (Å²) < 4.78 is 7.80. The first-order valence-electron chi connectivity index (χ1n) is 14.3. The normalized spacial score (nSPS) is 17.8. The lowest BCUT2D eigenvalue weighted by Crippen LogP contribution is -2.22. The predicted molar refractivity (Wildman–Crippen MR) is 155 cm³/mol. The van der Waals surface area contributed by atoms with Crippen LogP contribution in [0.5, 0.6) is 5.75 Å². The molecule has 1 aromatic carbocycles. The van der Waals surface area contributed by atoms with Crippen LogP contribution in [0.3, 0.4) is 0 Å². The molecule has 0 radical (unpaired) electrons. The molecule has 2 N–H and O–H groups in total. The number of aromatic hydroxyl groups is 1. The van der Waals surface area contributed by atoms with Crippen LogP contribution in [-0.4, -0.2) is 59.2 Å². The van der Waals surface area contributed by atoms with Gasteiger partial charge in [0.1, 0.15) is 22.9 Å². The molecule has 1 saturated heterocycles. The molecule has 11 nitrogen and oxygen atoms in total. The molecule has 0 bridgehead atoms. The Hall–Kier alpha value is -4.80. The third-order valence-corrected chi connectivity index (χ3v) is 8.31. The number of carboxylic acid groups (broad SMARTS) is 1. The van der Waals surface area contributed by atoms with E-state index in [1.807, 2.05) is 32.0 Å². The van der Waals surface area contributed by atoms with E-state index in [1.165, 1.54) is 5.69 Å². The van der Waals surface area contributed by atoms with Gasteiger partial charge in [-0.2, -0.15) is 0 Å². The molecule has 42 heavy (non-hydrogen) atoms. The Bertz CT molecular complexity index is 1770. The smallest absolute Gasteiger partial charge is 0.314 e. The first kappa shape index (κ1) is 26.1. The van der Waals surface area contributed by atoms with Gasteiger partial charge in [-0.05, 0) is 49.4 Å². The highest BCUT2D eigenvalue weighted by molar-refractivity contribution is 5.82. The van der Waals surface area contributed by atoms with Gasteiger partial charge < -0.3 is 24.2 Å². The van der Waals surface area contributed by atoms with Crippen molar-refractivity contribution in [2.24, 2.45) is 5.92 Å². The Labute approximate surface area is 241 Å². The van der Waals surface area contributed by atoms with Crippen molar-refractivity contribution in [3.63, 3.8) is 0 Å². The van der Waals surface area contributed by atoms with Crippen LogP contribution >= 0.6 is 0 Å². The van der Waals surface area contributed by atoms with Crippen LogP contribution in [0, 0.1) is 5.92 Å². The fourth-order valence-corrected chi connectivity index (χ4v) is 6.02. The van der Waals surface area contributed by atoms with Crippen molar-refractivity contribution in [1.29, 1.82) is 0 Å². The number of fused-ring (bicyclic) bond motifs is 1. The lowest BCUT2D eigenvalue weighted by atomic mass is 9.93. The summed E-state index contributed by atoms with van der Waals surface area (Å²) in [6.45, 7) is 5.29. The number of hydrogen-bond acceptors (Lipinski definition) is 9. The van der Waals surface area contributed by atoms with E-state index in [0.29, 0.717) is 46.2 Å². The van der Waals surface area contributed by atoms with E-state index in [2.05, 4.69) is 40.9 Å². The van der Waals surface area contributed by atoms with E-state index < -0.39 is 11.9 Å². The van der Waals surface area contributed by atoms with Crippen LogP contribution in [0.1, 0.15) is 62.4 Å². The summed E-state index contributed by atoms with van der Waals surface area (Å²) >= 11 is 0. The van der Waals surface area contributed by atoms with Crippen molar-refractivity contribution in [2.45, 2.75) is 51.0 Å². The number of aromatic nitrogens is 6. The maximum absolute atomic E-state index is 11.7. The van der Waals surface area contributed by atoms with Gasteiger partial charge in [-0.25, -0.2) is 9.97 Å². The fraction of sp³-hybridized carbons (Fsp3) is 0.355. The molecule has 2 unspecified atom stereocenters. The molecule has 1 saturated carbocycles. The zero-order valence-corrected chi connectivity index (χ0v) is 23.4. The third-order valence-electron chi connectivity index (χ3n) is 8.31. The lowest BCUT2D eigenvalue weighted by molar-refractivity contribution is -0.140. The summed E-state index contributed by atoms with van der Waals surface area (Å²) in [5.41, 5.74) is 5.69. The van der Waals surface area contributed by atoms with Gasteiger partial charge in [-0.1, -0.05) is 31.1 Å². The number of phenols is 1. The summed E-state index contributed by atoms with van der Waals surface area (Å²) in [4.78, 5) is 23.1. The second-order valence-corrected chi connectivity index (χ2v) is 11.6. The highest BCUT2D eigenvalue weighted by Gasteiger charge is 2.34. The monoisotopic (exact) mass is 565 g/mol. The first-order valence-corrected chi connectivity index (χ1v) is 14.3. The van der Waals surface area contributed by atoms with Gasteiger partial charge in [0.05, 0.1) is 11.2 Å². The van der Waals surface area contributed by atoms with Crippen LogP contribution in [0.2, 0.25) is 0 Å². The molecule has 5 heterocycles. The average molecular weight is 566 g/mol. The second-order valence-electron chi connectivity index (χ2n) is 11.6. The Morgan fingerprint density at radius 3 is 2.52 bits per heavy atom. The molecule has 1 aliphatic heterocycles. The molecule has 2 fully saturated rings. The van der Waals surface area contributed by atoms with Gasteiger partial charge in [0.2, 0.25) is 5.95 Å². The number of phenolic OH excluding ortho intramolecular Hbond substituents is 1. The lowest BCUT2D eigenvalue weighted by Gasteiger charge is -2.18. The van der Waals surface area contributed by atoms with Gasteiger partial charge in [-0.15, -0.1) is 10.2 Å². The Kier molecular flexibility index (Phi) is 6.37. The van der Waals surface area contributed by atoms with E-state index in [1.54, 1.807) is 30.6 Å². The molecule has 2 atom stereocenters. The van der Waals surface area contributed by atoms with Crippen molar-refractivity contribution >= 4 is 23.0 Å². The maximum atomic E-state index is 11.7. The summed E-state index contributed by atoms with van der Waals surface area (Å²) in [5, 5.41) is 33.0. The van der Waals surface area contributed by atoms with Crippen molar-refractivity contribution in [2.75, 3.05) is 18.0 Å². The minimum atomic E-state index is -0.938. The van der Waals surface area contributed by atoms with Gasteiger partial charge in [-0.3, -0.25) is 4.79 Å². The molecule has 214 valence electrons. The number of carbonyl (C=O) groups is 1. The van der Waals surface area contributed by atoms with E-state index >= 15 is 0 Å². The van der Waals surface area contributed by atoms with Crippen molar-refractivity contribution in [3.05, 3.63) is 66.3 Å². The largest absolute Gasteiger partial charge is 0.507 e. The Morgan fingerprint density at radius 2 is 1.81 bits per heavy atom. The van der Waals surface area contributed by atoms with Crippen LogP contribution in [0.4, 0.5) is 5.95 Å². The highest BCUT2D eigenvalue weighted by Crippen LogP contribution is 2.43. The fourth-order valence-electron chi connectivity index (χ4n) is 6.02. The van der Waals surface area contributed by atoms with Crippen LogP contribution < -0.4 is 4.90 Å². The van der Waals surface area contributed by atoms with Crippen LogP contribution in [0.15, 0.2) is 59.4 Å². The van der Waals surface area contributed by atoms with Gasteiger partial charge in [0.25, 0.3) is 0 Å². The topological polar surface area (TPSA) is 143 Å². The number of para-hydroxylation sites is 1. The minimum absolute atomic E-state index is 0.130. The highest BCUT2D eigenvalue weighted by atomic mass is 16.5. The molecular weight excluding hydrogens is 534 g/mol. The number of hydrogen-bond donors (Lipinski definition) is 2. The summed E-state index contributed by atoms with van der Waals surface area (Å²) in [6, 6.07) is 13.5. The van der Waals surface area contributed by atoms with Crippen molar-refractivity contribution < 1.29 is 19.5 Å². The molecule has 4 aromatic heterocycles. The summed E-state index contributed by atoms with van der Waals surface area (Å²) in [6.07, 6.45) is 6.66. The van der Waals surface area contributed by atoms with E-state index in [4.69, 9.17) is 4.52 Å². The Balaban J connectivity index is 1.12. The second kappa shape index (κ2) is 10.2. The van der Waals surface area contributed by atoms with E-state index in [0.717, 1.165) is 43.4 Å². The van der Waals surface area contributed by atoms with Crippen molar-refractivity contribution in [1.82, 2.24) is 29.9 Å². The molecule has 7 rings (SSSR count). The van der Waals surface area contributed by atoms with Crippen LogP contribution in [0.25, 0.3) is 33.5 Å². The maximum Gasteiger partial charge on any atom is 0.314 e. The molecule has 0 amide bonds. The molecule has 0 spiro atoms. The number of aliphatic carboxylic acids is 1. The number of benzene rings is 1. The zero-order valence-electron chi connectivity index (χ0n) is 23.4. The summed E-state index contributed by atoms with van der Waals surface area (Å²) in [5.74, 6) is -0.381. The minimum Gasteiger partial charge on any atom is -0.507 e. The molecule has 2 aliphatic rings. The quantitative estimate of drug-likeness (QED) is 0.251. The Morgan fingerprint density at radius 1 is 1.02 bits per heavy atom. The van der Waals surface area contributed by atoms with E-state index in [9.17, 15) is 15.0 Å². The van der Waals surface area contributed by atoms with Crippen molar-refractivity contribution in [3.8, 4) is 28.3 Å². The van der Waals surface area contributed by atoms with Gasteiger partial charge in [0.15, 0.2) is 5.76 Å². The van der Waals surface area contributed by atoms with Gasteiger partial charge >= 0.3 is 5.97 Å². The summed E-state index contributed by atoms with van der Waals surface area (Å²) in [7, 11) is 0.